The van der Waals surface area contributed by atoms with Gasteiger partial charge in [0, 0.05) is 62.8 Å². The van der Waals surface area contributed by atoms with Crippen LogP contribution in [0.15, 0.2) is 4.99 Å². The lowest BCUT2D eigenvalue weighted by Gasteiger charge is -2.55. The minimum Gasteiger partial charge on any atom is -0.381 e. The monoisotopic (exact) mass is 506 g/mol. The topological polar surface area (TPSA) is 58.1 Å². The number of likely N-dealkylation sites (tertiary alicyclic amines) is 1. The molecule has 162 valence electrons. The Hall–Kier alpha value is -0.120. The summed E-state index contributed by atoms with van der Waals surface area (Å²) in [7, 11) is 0. The first-order valence-corrected chi connectivity index (χ1v) is 11.1. The summed E-state index contributed by atoms with van der Waals surface area (Å²) in [4.78, 5) is 7.37. The molecule has 0 amide bonds. The van der Waals surface area contributed by atoms with E-state index in [-0.39, 0.29) is 29.4 Å². The first-order chi connectivity index (χ1) is 13.1. The smallest absolute Gasteiger partial charge is 0.191 e. The number of nitrogens with zero attached hydrogens (tertiary/aromatic N) is 2. The van der Waals surface area contributed by atoms with Crippen molar-refractivity contribution in [2.45, 2.75) is 64.6 Å². The van der Waals surface area contributed by atoms with Crippen molar-refractivity contribution >= 4 is 29.9 Å². The van der Waals surface area contributed by atoms with E-state index in [1.165, 1.54) is 45.3 Å². The standard InChI is InChI=1S/C21H38N4O2.HI/c1-4-22-20(24-18-17-8-12-27-19(17)21(18,2)3)23-16-5-9-25(10-6-16)13-15-7-11-26-14-15;/h15-19H,4-14H2,1-3H3,(H2,22,23,24);1H. The summed E-state index contributed by atoms with van der Waals surface area (Å²) >= 11 is 0. The largest absolute Gasteiger partial charge is 0.381 e. The Morgan fingerprint density at radius 3 is 2.57 bits per heavy atom. The van der Waals surface area contributed by atoms with Crippen LogP contribution in [0.25, 0.3) is 0 Å². The van der Waals surface area contributed by atoms with E-state index in [0.717, 1.165) is 38.2 Å². The van der Waals surface area contributed by atoms with Gasteiger partial charge >= 0.3 is 0 Å². The van der Waals surface area contributed by atoms with Crippen molar-refractivity contribution in [1.29, 1.82) is 0 Å². The van der Waals surface area contributed by atoms with Crippen LogP contribution in [0, 0.1) is 17.3 Å². The molecular weight excluding hydrogens is 467 g/mol. The fourth-order valence-corrected chi connectivity index (χ4v) is 5.60. The molecule has 1 aliphatic carbocycles. The highest BCUT2D eigenvalue weighted by molar-refractivity contribution is 14.0. The molecule has 4 aliphatic rings. The number of nitrogens with one attached hydrogen (secondary N) is 2. The van der Waals surface area contributed by atoms with Crippen LogP contribution in [0.3, 0.4) is 0 Å². The molecule has 3 aliphatic heterocycles. The number of hydrogen-bond acceptors (Lipinski definition) is 4. The SMILES string of the molecule is CCN=C(NC1CCN(CC2CCOC2)CC1)NC1C2CCOC2C1(C)C.I. The van der Waals surface area contributed by atoms with Crippen molar-refractivity contribution in [3.8, 4) is 0 Å². The first kappa shape index (κ1) is 22.6. The van der Waals surface area contributed by atoms with Crippen molar-refractivity contribution in [3.63, 3.8) is 0 Å². The van der Waals surface area contributed by atoms with Gasteiger partial charge in [-0.1, -0.05) is 13.8 Å². The average molecular weight is 506 g/mol. The van der Waals surface area contributed by atoms with E-state index in [1.54, 1.807) is 0 Å². The van der Waals surface area contributed by atoms with Crippen LogP contribution in [0.5, 0.6) is 0 Å². The van der Waals surface area contributed by atoms with Crippen LogP contribution in [0.1, 0.15) is 46.5 Å². The zero-order valence-corrected chi connectivity index (χ0v) is 20.1. The van der Waals surface area contributed by atoms with Crippen LogP contribution in [-0.2, 0) is 9.47 Å². The number of piperidine rings is 1. The molecule has 0 aromatic carbocycles. The Morgan fingerprint density at radius 1 is 1.11 bits per heavy atom. The second kappa shape index (κ2) is 9.79. The predicted octanol–water partition coefficient (Wildman–Crippen LogP) is 2.47. The van der Waals surface area contributed by atoms with Crippen molar-refractivity contribution in [2.75, 3.05) is 46.0 Å². The minimum absolute atomic E-state index is 0. The summed E-state index contributed by atoms with van der Waals surface area (Å²) in [6.45, 7) is 14.0. The molecule has 0 bridgehead atoms. The lowest BCUT2D eigenvalue weighted by molar-refractivity contribution is -0.106. The van der Waals surface area contributed by atoms with Crippen molar-refractivity contribution < 1.29 is 9.47 Å². The molecule has 0 aromatic heterocycles. The van der Waals surface area contributed by atoms with Gasteiger partial charge < -0.3 is 25.0 Å². The van der Waals surface area contributed by atoms with Gasteiger partial charge in [-0.25, -0.2) is 0 Å². The molecule has 1 saturated carbocycles. The summed E-state index contributed by atoms with van der Waals surface area (Å²) in [6.07, 6.45) is 5.22. The number of aliphatic imine (C=N–C) groups is 1. The quantitative estimate of drug-likeness (QED) is 0.341. The van der Waals surface area contributed by atoms with Crippen LogP contribution in [0.4, 0.5) is 0 Å². The maximum absolute atomic E-state index is 5.94. The summed E-state index contributed by atoms with van der Waals surface area (Å²) in [5.41, 5.74) is 0.185. The molecule has 0 spiro atoms. The summed E-state index contributed by atoms with van der Waals surface area (Å²) in [5.74, 6) is 2.39. The maximum Gasteiger partial charge on any atom is 0.191 e. The van der Waals surface area contributed by atoms with Gasteiger partial charge in [0.05, 0.1) is 12.7 Å². The van der Waals surface area contributed by atoms with Crippen LogP contribution in [-0.4, -0.2) is 75.0 Å². The van der Waals surface area contributed by atoms with Crippen LogP contribution >= 0.6 is 24.0 Å². The number of guanidine groups is 1. The van der Waals surface area contributed by atoms with E-state index in [1.807, 2.05) is 0 Å². The molecule has 3 saturated heterocycles. The van der Waals surface area contributed by atoms with E-state index in [4.69, 9.17) is 14.5 Å². The number of rotatable bonds is 5. The molecule has 4 unspecified atom stereocenters. The van der Waals surface area contributed by atoms with E-state index in [2.05, 4.69) is 36.3 Å². The Bertz CT molecular complexity index is 530. The lowest BCUT2D eigenvalue weighted by atomic mass is 9.57. The summed E-state index contributed by atoms with van der Waals surface area (Å²) < 4.78 is 11.5. The fraction of sp³-hybridized carbons (Fsp3) is 0.952. The Labute approximate surface area is 187 Å². The second-order valence-electron chi connectivity index (χ2n) is 9.46. The van der Waals surface area contributed by atoms with Gasteiger partial charge in [0.15, 0.2) is 5.96 Å². The maximum atomic E-state index is 5.94. The van der Waals surface area contributed by atoms with Crippen molar-refractivity contribution in [1.82, 2.24) is 15.5 Å². The van der Waals surface area contributed by atoms with Crippen molar-refractivity contribution in [2.24, 2.45) is 22.2 Å². The lowest BCUT2D eigenvalue weighted by Crippen LogP contribution is -2.68. The number of ether oxygens (including phenoxy) is 2. The Balaban J connectivity index is 0.00000225. The van der Waals surface area contributed by atoms with Gasteiger partial charge in [-0.2, -0.15) is 0 Å². The second-order valence-corrected chi connectivity index (χ2v) is 9.46. The highest BCUT2D eigenvalue weighted by atomic mass is 127. The Morgan fingerprint density at radius 2 is 1.89 bits per heavy atom. The van der Waals surface area contributed by atoms with Crippen molar-refractivity contribution in [3.05, 3.63) is 0 Å². The van der Waals surface area contributed by atoms with E-state index < -0.39 is 0 Å². The molecule has 4 rings (SSSR count). The van der Waals surface area contributed by atoms with E-state index in [9.17, 15) is 0 Å². The predicted molar refractivity (Wildman–Crippen MR) is 123 cm³/mol. The number of hydrogen-bond donors (Lipinski definition) is 2. The normalized spacial score (nSPS) is 35.8. The molecule has 3 heterocycles. The zero-order valence-electron chi connectivity index (χ0n) is 17.8. The number of halogens is 1. The third-order valence-corrected chi connectivity index (χ3v) is 7.18. The van der Waals surface area contributed by atoms with E-state index >= 15 is 0 Å². The van der Waals surface area contributed by atoms with Crippen LogP contribution in [0.2, 0.25) is 0 Å². The minimum atomic E-state index is 0. The number of fused-ring (bicyclic) bond motifs is 1. The Kier molecular flexibility index (Phi) is 7.89. The van der Waals surface area contributed by atoms with Gasteiger partial charge in [-0.15, -0.1) is 24.0 Å². The average Bonchev–Trinajstić information content (AvgIpc) is 3.32. The molecule has 7 heteroatoms. The molecular formula is C21H39IN4O2. The third kappa shape index (κ3) is 4.78. The molecule has 4 atom stereocenters. The summed E-state index contributed by atoms with van der Waals surface area (Å²) in [6, 6.07) is 0.989. The molecule has 28 heavy (non-hydrogen) atoms. The first-order valence-electron chi connectivity index (χ1n) is 11.1. The molecule has 0 radical (unpaired) electrons. The van der Waals surface area contributed by atoms with Gasteiger partial charge in [0.25, 0.3) is 0 Å². The highest BCUT2D eigenvalue weighted by Crippen LogP contribution is 2.52. The zero-order chi connectivity index (χ0) is 18.9. The molecule has 0 aromatic rings. The summed E-state index contributed by atoms with van der Waals surface area (Å²) in [5, 5.41) is 7.50. The van der Waals surface area contributed by atoms with Gasteiger partial charge in [-0.05, 0) is 38.5 Å². The molecule has 4 fully saturated rings. The fourth-order valence-electron chi connectivity index (χ4n) is 5.60. The van der Waals surface area contributed by atoms with Gasteiger partial charge in [-0.3, -0.25) is 4.99 Å². The van der Waals surface area contributed by atoms with E-state index in [0.29, 0.717) is 24.1 Å². The van der Waals surface area contributed by atoms with Gasteiger partial charge in [0.1, 0.15) is 0 Å². The molecule has 6 nitrogen and oxygen atoms in total. The van der Waals surface area contributed by atoms with Crippen LogP contribution < -0.4 is 10.6 Å². The third-order valence-electron chi connectivity index (χ3n) is 7.18. The van der Waals surface area contributed by atoms with Gasteiger partial charge in [0.2, 0.25) is 0 Å². The molecule has 2 N–H and O–H groups in total. The highest BCUT2D eigenvalue weighted by Gasteiger charge is 2.59.